The van der Waals surface area contributed by atoms with Crippen LogP contribution < -0.4 is 5.32 Å². The van der Waals surface area contributed by atoms with Gasteiger partial charge < -0.3 is 29.5 Å². The lowest BCUT2D eigenvalue weighted by molar-refractivity contribution is -0.153. The molecule has 4 heterocycles. The normalized spacial score (nSPS) is 28.4. The summed E-state index contributed by atoms with van der Waals surface area (Å²) < 4.78 is 12.0. The van der Waals surface area contributed by atoms with Crippen molar-refractivity contribution in [2.24, 2.45) is 34.5 Å². The standard InChI is InChI=1S/C36H55N5O6S/c1-23(26-11-7-6-8-12-26)47-24(2)30(34(45)39-13-9-10-25(16-39)18-46-5)38-31(42)28-17-40(33(44)29-15-37-22-48-29)19-36(28)20-41(21-36)32(43)27-14-35(27,3)4/h15,22-28,30H,6-14,16-21H2,1-5H3,(H,38,42)/t23?,24-,25+,27-,28+,30+/m1/s1. The van der Waals surface area contributed by atoms with Crippen LogP contribution in [0.15, 0.2) is 11.7 Å². The van der Waals surface area contributed by atoms with Crippen LogP contribution >= 0.6 is 11.3 Å². The maximum absolute atomic E-state index is 14.5. The highest BCUT2D eigenvalue weighted by molar-refractivity contribution is 7.11. The number of ether oxygens (including phenoxy) is 2. The van der Waals surface area contributed by atoms with E-state index in [-0.39, 0.29) is 53.5 Å². The third-order valence-electron chi connectivity index (χ3n) is 12.0. The molecule has 0 radical (unpaired) electrons. The number of carbonyl (C=O) groups excluding carboxylic acids is 4. The summed E-state index contributed by atoms with van der Waals surface area (Å²) in [5.41, 5.74) is 1.07. The van der Waals surface area contributed by atoms with Crippen LogP contribution in [0, 0.1) is 34.5 Å². The topological polar surface area (TPSA) is 121 Å². The number of piperidine rings is 1. The summed E-state index contributed by atoms with van der Waals surface area (Å²) in [6, 6.07) is -0.863. The van der Waals surface area contributed by atoms with Gasteiger partial charge >= 0.3 is 0 Å². The summed E-state index contributed by atoms with van der Waals surface area (Å²) in [5.74, 6) is -0.254. The Hall–Kier alpha value is -2.57. The Bertz CT molecular complexity index is 1320. The number of likely N-dealkylation sites (tertiary alicyclic amines) is 3. The second-order valence-electron chi connectivity index (χ2n) is 16.1. The van der Waals surface area contributed by atoms with Gasteiger partial charge in [-0.3, -0.25) is 24.2 Å². The van der Waals surface area contributed by atoms with Gasteiger partial charge in [-0.2, -0.15) is 0 Å². The van der Waals surface area contributed by atoms with E-state index in [0.717, 1.165) is 32.1 Å². The van der Waals surface area contributed by atoms with Gasteiger partial charge in [-0.25, -0.2) is 0 Å². The molecule has 48 heavy (non-hydrogen) atoms. The van der Waals surface area contributed by atoms with Crippen molar-refractivity contribution in [1.29, 1.82) is 0 Å². The van der Waals surface area contributed by atoms with E-state index in [1.165, 1.54) is 30.6 Å². The maximum atomic E-state index is 14.5. The Labute approximate surface area is 289 Å². The van der Waals surface area contributed by atoms with E-state index < -0.39 is 23.5 Å². The minimum absolute atomic E-state index is 0.00958. The minimum atomic E-state index is -0.863. The lowest BCUT2D eigenvalue weighted by Gasteiger charge is -2.50. The fourth-order valence-electron chi connectivity index (χ4n) is 8.86. The second-order valence-corrected chi connectivity index (χ2v) is 17.0. The fraction of sp³-hybridized carbons (Fsp3) is 0.806. The van der Waals surface area contributed by atoms with E-state index in [2.05, 4.69) is 31.1 Å². The lowest BCUT2D eigenvalue weighted by atomic mass is 9.70. The molecule has 0 aromatic carbocycles. The summed E-state index contributed by atoms with van der Waals surface area (Å²) in [6.07, 6.45) is 9.63. The van der Waals surface area contributed by atoms with Gasteiger partial charge in [-0.1, -0.05) is 33.1 Å². The van der Waals surface area contributed by atoms with Crippen LogP contribution in [0.3, 0.4) is 0 Å². The van der Waals surface area contributed by atoms with Crippen molar-refractivity contribution in [3.63, 3.8) is 0 Å². The predicted octanol–water partition coefficient (Wildman–Crippen LogP) is 3.83. The zero-order chi connectivity index (χ0) is 34.2. The van der Waals surface area contributed by atoms with Gasteiger partial charge in [0.25, 0.3) is 5.91 Å². The SMILES string of the molecule is COC[C@H]1CCCN(C(=O)[C@@H](NC(=O)[C@@H]2CN(C(=O)c3cncs3)CC23CN(C(=O)[C@H]2CC2(C)C)C3)[C@@H](C)OC(C)C2CCCCC2)C1. The molecule has 5 fully saturated rings. The van der Waals surface area contributed by atoms with Gasteiger partial charge in [0.2, 0.25) is 17.7 Å². The van der Waals surface area contributed by atoms with Crippen LogP contribution in [0.25, 0.3) is 0 Å². The molecule has 2 aliphatic carbocycles. The Balaban J connectivity index is 1.21. The van der Waals surface area contributed by atoms with Crippen LogP contribution in [-0.4, -0.2) is 115 Å². The highest BCUT2D eigenvalue weighted by Crippen LogP contribution is 2.54. The van der Waals surface area contributed by atoms with Crippen molar-refractivity contribution in [3.05, 3.63) is 16.6 Å². The van der Waals surface area contributed by atoms with Gasteiger partial charge in [-0.15, -0.1) is 11.3 Å². The number of nitrogens with zero attached hydrogens (tertiary/aromatic N) is 4. The average Bonchev–Trinajstić information content (AvgIpc) is 3.41. The van der Waals surface area contributed by atoms with Crippen molar-refractivity contribution in [3.8, 4) is 0 Å². The molecule has 1 N–H and O–H groups in total. The molecule has 6 rings (SSSR count). The molecule has 1 spiro atoms. The first-order valence-electron chi connectivity index (χ1n) is 18.1. The van der Waals surface area contributed by atoms with E-state index in [9.17, 15) is 19.2 Å². The Kier molecular flexibility index (Phi) is 10.5. The molecule has 2 saturated carbocycles. The number of carbonyl (C=O) groups is 4. The Morgan fingerprint density at radius 1 is 0.979 bits per heavy atom. The summed E-state index contributed by atoms with van der Waals surface area (Å²) in [6.45, 7) is 11.5. The maximum Gasteiger partial charge on any atom is 0.265 e. The van der Waals surface area contributed by atoms with Crippen molar-refractivity contribution in [1.82, 2.24) is 25.0 Å². The van der Waals surface area contributed by atoms with Crippen LogP contribution in [-0.2, 0) is 23.9 Å². The molecule has 5 aliphatic rings. The quantitative estimate of drug-likeness (QED) is 0.376. The molecular weight excluding hydrogens is 630 g/mol. The monoisotopic (exact) mass is 685 g/mol. The van der Waals surface area contributed by atoms with Crippen LogP contribution in [0.1, 0.15) is 88.7 Å². The molecule has 3 saturated heterocycles. The number of hydrogen-bond donors (Lipinski definition) is 1. The van der Waals surface area contributed by atoms with Crippen LogP contribution in [0.5, 0.6) is 0 Å². The van der Waals surface area contributed by atoms with Gasteiger partial charge in [0.1, 0.15) is 10.9 Å². The number of hydrogen-bond acceptors (Lipinski definition) is 8. The number of aromatic nitrogens is 1. The second kappa shape index (κ2) is 14.3. The fourth-order valence-corrected chi connectivity index (χ4v) is 9.45. The lowest BCUT2D eigenvalue weighted by Crippen LogP contribution is -2.66. The third-order valence-corrected chi connectivity index (χ3v) is 12.8. The molecule has 11 nitrogen and oxygen atoms in total. The summed E-state index contributed by atoms with van der Waals surface area (Å²) in [5, 5.41) is 3.18. The van der Waals surface area contributed by atoms with Crippen molar-refractivity contribution < 1.29 is 28.7 Å². The zero-order valence-corrected chi connectivity index (χ0v) is 30.3. The number of nitrogens with one attached hydrogen (secondary N) is 1. The highest BCUT2D eigenvalue weighted by atomic mass is 32.1. The van der Waals surface area contributed by atoms with Crippen molar-refractivity contribution in [2.75, 3.05) is 53.0 Å². The average molecular weight is 686 g/mol. The largest absolute Gasteiger partial charge is 0.384 e. The van der Waals surface area contributed by atoms with E-state index in [1.807, 2.05) is 16.7 Å². The van der Waals surface area contributed by atoms with E-state index >= 15 is 0 Å². The first kappa shape index (κ1) is 35.3. The van der Waals surface area contributed by atoms with Gasteiger partial charge in [0.15, 0.2) is 0 Å². The van der Waals surface area contributed by atoms with Gasteiger partial charge in [-0.05, 0) is 63.2 Å². The summed E-state index contributed by atoms with van der Waals surface area (Å²) >= 11 is 1.28. The molecule has 3 aliphatic heterocycles. The van der Waals surface area contributed by atoms with Crippen LogP contribution in [0.2, 0.25) is 0 Å². The molecule has 1 aromatic rings. The molecule has 1 unspecified atom stereocenters. The molecule has 12 heteroatoms. The molecular formula is C36H55N5O6S. The molecule has 4 amide bonds. The highest BCUT2D eigenvalue weighted by Gasteiger charge is 2.62. The first-order valence-corrected chi connectivity index (χ1v) is 19.0. The Morgan fingerprint density at radius 2 is 1.69 bits per heavy atom. The molecule has 0 bridgehead atoms. The number of methoxy groups -OCH3 is 1. The van der Waals surface area contributed by atoms with E-state index in [4.69, 9.17) is 9.47 Å². The number of thiazole rings is 1. The third kappa shape index (κ3) is 7.31. The van der Waals surface area contributed by atoms with E-state index in [0.29, 0.717) is 50.1 Å². The number of rotatable bonds is 11. The summed E-state index contributed by atoms with van der Waals surface area (Å²) in [4.78, 5) is 65.7. The Morgan fingerprint density at radius 3 is 2.33 bits per heavy atom. The van der Waals surface area contributed by atoms with Crippen molar-refractivity contribution >= 4 is 35.0 Å². The van der Waals surface area contributed by atoms with E-state index in [1.54, 1.807) is 23.7 Å². The van der Waals surface area contributed by atoms with Crippen molar-refractivity contribution in [2.45, 2.75) is 97.3 Å². The summed E-state index contributed by atoms with van der Waals surface area (Å²) in [7, 11) is 1.69. The van der Waals surface area contributed by atoms with Gasteiger partial charge in [0, 0.05) is 57.7 Å². The molecule has 1 aromatic heterocycles. The smallest absolute Gasteiger partial charge is 0.265 e. The molecule has 6 atom stereocenters. The molecule has 266 valence electrons. The first-order chi connectivity index (χ1) is 22.9. The predicted molar refractivity (Wildman–Crippen MR) is 182 cm³/mol. The van der Waals surface area contributed by atoms with Gasteiger partial charge in [0.05, 0.1) is 36.4 Å². The van der Waals surface area contributed by atoms with Crippen LogP contribution in [0.4, 0.5) is 0 Å². The number of amides is 4. The minimum Gasteiger partial charge on any atom is -0.384 e. The zero-order valence-electron chi connectivity index (χ0n) is 29.4.